The number of pyridine rings is 1. The number of hydrogen-bond donors (Lipinski definition) is 0. The van der Waals surface area contributed by atoms with Crippen molar-refractivity contribution in [2.45, 2.75) is 33.5 Å². The van der Waals surface area contributed by atoms with Gasteiger partial charge in [-0.3, -0.25) is 0 Å². The molecular weight excluding hydrogens is 328 g/mol. The molecule has 3 aromatic rings. The first-order valence-corrected chi connectivity index (χ1v) is 8.57. The van der Waals surface area contributed by atoms with Gasteiger partial charge >= 0.3 is 5.97 Å². The number of aryl methyl sites for hydroxylation is 1. The zero-order valence-electron chi connectivity index (χ0n) is 15.2. The molecule has 5 heteroatoms. The molecule has 0 radical (unpaired) electrons. The molecule has 0 saturated carbocycles. The van der Waals surface area contributed by atoms with Crippen LogP contribution in [0.25, 0.3) is 11.7 Å². The number of aromatic nitrogens is 2. The molecule has 0 aliphatic carbocycles. The van der Waals surface area contributed by atoms with E-state index in [1.54, 1.807) is 6.08 Å². The number of carbonyl (C=O) groups excluding carboxylic acids is 1. The number of rotatable bonds is 6. The zero-order valence-corrected chi connectivity index (χ0v) is 15.2. The van der Waals surface area contributed by atoms with Gasteiger partial charge in [0.1, 0.15) is 18.0 Å². The van der Waals surface area contributed by atoms with Crippen LogP contribution in [0.4, 0.5) is 0 Å². The van der Waals surface area contributed by atoms with Crippen molar-refractivity contribution in [3.63, 3.8) is 0 Å². The maximum absolute atomic E-state index is 12.1. The van der Waals surface area contributed by atoms with Crippen molar-refractivity contribution < 1.29 is 14.3 Å². The number of carbonyl (C=O) groups is 1. The van der Waals surface area contributed by atoms with E-state index in [4.69, 9.17) is 9.47 Å². The Kier molecular flexibility index (Phi) is 5.37. The van der Waals surface area contributed by atoms with Crippen molar-refractivity contribution in [1.82, 2.24) is 9.38 Å². The summed E-state index contributed by atoms with van der Waals surface area (Å²) in [5.74, 6) is 0.377. The van der Waals surface area contributed by atoms with Crippen LogP contribution >= 0.6 is 0 Å². The molecule has 0 aliphatic rings. The monoisotopic (exact) mass is 350 g/mol. The van der Waals surface area contributed by atoms with E-state index in [9.17, 15) is 4.79 Å². The predicted octanol–water partition coefficient (Wildman–Crippen LogP) is 4.19. The molecule has 2 heterocycles. The number of ether oxygens (including phenoxy) is 2. The first-order valence-electron chi connectivity index (χ1n) is 8.57. The third-order valence-corrected chi connectivity index (χ3v) is 3.82. The first kappa shape index (κ1) is 17.7. The van der Waals surface area contributed by atoms with Gasteiger partial charge in [-0.15, -0.1) is 0 Å². The van der Waals surface area contributed by atoms with E-state index in [1.807, 2.05) is 73.8 Å². The highest BCUT2D eigenvalue weighted by Gasteiger charge is 2.09. The highest BCUT2D eigenvalue weighted by molar-refractivity contribution is 5.87. The number of benzene rings is 1. The van der Waals surface area contributed by atoms with E-state index in [0.29, 0.717) is 0 Å². The molecule has 0 N–H and O–H groups in total. The summed E-state index contributed by atoms with van der Waals surface area (Å²) >= 11 is 0. The van der Waals surface area contributed by atoms with E-state index in [1.165, 1.54) is 6.08 Å². The van der Waals surface area contributed by atoms with Gasteiger partial charge in [0.05, 0.1) is 17.5 Å². The fourth-order valence-corrected chi connectivity index (χ4v) is 2.65. The van der Waals surface area contributed by atoms with Gasteiger partial charge in [0.25, 0.3) is 0 Å². The smallest absolute Gasteiger partial charge is 0.331 e. The Bertz CT molecular complexity index is 941. The Morgan fingerprint density at radius 2 is 2.08 bits per heavy atom. The molecule has 0 fully saturated rings. The molecule has 0 bridgehead atoms. The summed E-state index contributed by atoms with van der Waals surface area (Å²) < 4.78 is 13.0. The molecule has 134 valence electrons. The molecule has 0 aliphatic heterocycles. The molecule has 0 spiro atoms. The Morgan fingerprint density at radius 1 is 1.23 bits per heavy atom. The lowest BCUT2D eigenvalue weighted by Crippen LogP contribution is -2.05. The van der Waals surface area contributed by atoms with Crippen LogP contribution in [0.3, 0.4) is 0 Å². The molecule has 0 unspecified atom stereocenters. The number of esters is 1. The topological polar surface area (TPSA) is 52.8 Å². The van der Waals surface area contributed by atoms with E-state index < -0.39 is 5.97 Å². The van der Waals surface area contributed by atoms with Crippen LogP contribution in [-0.2, 0) is 16.1 Å². The fraction of sp³-hybridized carbons (Fsp3) is 0.238. The molecule has 0 amide bonds. The second-order valence-corrected chi connectivity index (χ2v) is 6.25. The highest BCUT2D eigenvalue weighted by Crippen LogP contribution is 2.16. The Labute approximate surface area is 152 Å². The molecule has 0 atom stereocenters. The normalized spacial score (nSPS) is 11.4. The minimum atomic E-state index is -0.398. The quantitative estimate of drug-likeness (QED) is 0.494. The highest BCUT2D eigenvalue weighted by atomic mass is 16.5. The van der Waals surface area contributed by atoms with Crippen LogP contribution < -0.4 is 4.74 Å². The summed E-state index contributed by atoms with van der Waals surface area (Å²) in [5, 5.41) is 0. The third kappa shape index (κ3) is 4.30. The number of hydrogen-bond acceptors (Lipinski definition) is 4. The zero-order chi connectivity index (χ0) is 18.5. The van der Waals surface area contributed by atoms with Gasteiger partial charge in [-0.1, -0.05) is 18.2 Å². The van der Waals surface area contributed by atoms with Crippen LogP contribution in [0.5, 0.6) is 5.75 Å². The Morgan fingerprint density at radius 3 is 2.88 bits per heavy atom. The average Bonchev–Trinajstić information content (AvgIpc) is 2.93. The maximum Gasteiger partial charge on any atom is 0.331 e. The van der Waals surface area contributed by atoms with Crippen molar-refractivity contribution in [2.24, 2.45) is 0 Å². The number of imidazole rings is 1. The van der Waals surface area contributed by atoms with Crippen LogP contribution in [0, 0.1) is 6.92 Å². The average molecular weight is 350 g/mol. The fourth-order valence-electron chi connectivity index (χ4n) is 2.65. The van der Waals surface area contributed by atoms with E-state index in [2.05, 4.69) is 4.98 Å². The van der Waals surface area contributed by atoms with Crippen LogP contribution in [-0.4, -0.2) is 21.5 Å². The van der Waals surface area contributed by atoms with E-state index in [0.717, 1.165) is 28.3 Å². The van der Waals surface area contributed by atoms with Crippen LogP contribution in [0.2, 0.25) is 0 Å². The summed E-state index contributed by atoms with van der Waals surface area (Å²) in [6, 6.07) is 13.4. The van der Waals surface area contributed by atoms with Crippen LogP contribution in [0.1, 0.15) is 30.8 Å². The maximum atomic E-state index is 12.1. The molecule has 1 aromatic carbocycles. The molecule has 5 nitrogen and oxygen atoms in total. The second kappa shape index (κ2) is 7.87. The lowest BCUT2D eigenvalue weighted by Gasteiger charge is -2.09. The Balaban J connectivity index is 1.64. The van der Waals surface area contributed by atoms with Gasteiger partial charge < -0.3 is 13.9 Å². The minimum Gasteiger partial charge on any atom is -0.491 e. The predicted molar refractivity (Wildman–Crippen MR) is 101 cm³/mol. The number of fused-ring (bicyclic) bond motifs is 1. The minimum absolute atomic E-state index is 0.105. The van der Waals surface area contributed by atoms with Gasteiger partial charge in [0.2, 0.25) is 0 Å². The van der Waals surface area contributed by atoms with Gasteiger partial charge in [-0.25, -0.2) is 9.78 Å². The Hall–Kier alpha value is -3.08. The first-order chi connectivity index (χ1) is 12.5. The van der Waals surface area contributed by atoms with Crippen molar-refractivity contribution in [3.8, 4) is 5.75 Å². The SMILES string of the molecule is Cc1nc2ccccn2c1COC(=O)/C=C/c1cccc(OC(C)C)c1. The number of nitrogens with zero attached hydrogens (tertiary/aromatic N) is 2. The van der Waals surface area contributed by atoms with Crippen molar-refractivity contribution in [1.29, 1.82) is 0 Å². The van der Waals surface area contributed by atoms with Gasteiger partial charge in [-0.05, 0) is 56.7 Å². The molecule has 3 rings (SSSR count). The standard InChI is InChI=1S/C21H22N2O3/c1-15(2)26-18-8-6-7-17(13-18)10-11-21(24)25-14-19-16(3)22-20-9-4-5-12-23(19)20/h4-13,15H,14H2,1-3H3/b11-10+. The van der Waals surface area contributed by atoms with Crippen molar-refractivity contribution in [2.75, 3.05) is 0 Å². The summed E-state index contributed by atoms with van der Waals surface area (Å²) in [7, 11) is 0. The van der Waals surface area contributed by atoms with Crippen molar-refractivity contribution >= 4 is 17.7 Å². The molecule has 26 heavy (non-hydrogen) atoms. The van der Waals surface area contributed by atoms with Crippen LogP contribution in [0.15, 0.2) is 54.7 Å². The van der Waals surface area contributed by atoms with E-state index >= 15 is 0 Å². The lowest BCUT2D eigenvalue weighted by molar-refractivity contribution is -0.139. The molecular formula is C21H22N2O3. The van der Waals surface area contributed by atoms with Crippen molar-refractivity contribution in [3.05, 3.63) is 71.7 Å². The molecule has 2 aromatic heterocycles. The van der Waals surface area contributed by atoms with Gasteiger partial charge in [0.15, 0.2) is 0 Å². The van der Waals surface area contributed by atoms with E-state index in [-0.39, 0.29) is 12.7 Å². The van der Waals surface area contributed by atoms with Gasteiger partial charge in [-0.2, -0.15) is 0 Å². The lowest BCUT2D eigenvalue weighted by atomic mass is 10.2. The van der Waals surface area contributed by atoms with Gasteiger partial charge in [0, 0.05) is 12.3 Å². The summed E-state index contributed by atoms with van der Waals surface area (Å²) in [6.07, 6.45) is 5.16. The third-order valence-electron chi connectivity index (χ3n) is 3.82. The largest absolute Gasteiger partial charge is 0.491 e. The second-order valence-electron chi connectivity index (χ2n) is 6.25. The molecule has 0 saturated heterocycles. The summed E-state index contributed by atoms with van der Waals surface area (Å²) in [5.41, 5.74) is 3.45. The summed E-state index contributed by atoms with van der Waals surface area (Å²) in [4.78, 5) is 16.5. The summed E-state index contributed by atoms with van der Waals surface area (Å²) in [6.45, 7) is 6.03.